The fourth-order valence-corrected chi connectivity index (χ4v) is 5.30. The van der Waals surface area contributed by atoms with Crippen molar-refractivity contribution in [1.82, 2.24) is 23.8 Å². The summed E-state index contributed by atoms with van der Waals surface area (Å²) in [4.78, 5) is 38.0. The van der Waals surface area contributed by atoms with Gasteiger partial charge in [0, 0.05) is 60.8 Å². The number of aryl methyl sites for hydroxylation is 2. The molecule has 0 unspecified atom stereocenters. The molecule has 8 nitrogen and oxygen atoms in total. The predicted molar refractivity (Wildman–Crippen MR) is 142 cm³/mol. The highest BCUT2D eigenvalue weighted by molar-refractivity contribution is 5.98. The second-order valence-electron chi connectivity index (χ2n) is 9.56. The van der Waals surface area contributed by atoms with E-state index in [1.165, 1.54) is 0 Å². The van der Waals surface area contributed by atoms with Crippen LogP contribution in [0.25, 0.3) is 27.7 Å². The second-order valence-corrected chi connectivity index (χ2v) is 9.56. The van der Waals surface area contributed by atoms with Crippen molar-refractivity contribution < 1.29 is 9.53 Å². The van der Waals surface area contributed by atoms with Crippen LogP contribution < -0.4 is 10.3 Å². The topological polar surface area (TPSA) is 81.7 Å². The number of fused-ring (bicyclic) bond motifs is 3. The lowest BCUT2D eigenvalue weighted by Crippen LogP contribution is -2.39. The van der Waals surface area contributed by atoms with Gasteiger partial charge in [0.1, 0.15) is 22.6 Å². The van der Waals surface area contributed by atoms with Gasteiger partial charge in [-0.15, -0.1) is 0 Å². The molecule has 0 spiro atoms. The number of benzene rings is 1. The van der Waals surface area contributed by atoms with E-state index in [2.05, 4.69) is 9.97 Å². The summed E-state index contributed by atoms with van der Waals surface area (Å²) in [6.07, 6.45) is 2.40. The van der Waals surface area contributed by atoms with Gasteiger partial charge in [-0.1, -0.05) is 12.1 Å². The summed E-state index contributed by atoms with van der Waals surface area (Å²) in [6, 6.07) is 15.4. The molecule has 0 atom stereocenters. The minimum Gasteiger partial charge on any atom is -0.494 e. The summed E-state index contributed by atoms with van der Waals surface area (Å²) in [5, 5.41) is 0.853. The molecule has 6 rings (SSSR count). The molecule has 1 aliphatic heterocycles. The van der Waals surface area contributed by atoms with Crippen molar-refractivity contribution in [3.8, 4) is 16.9 Å². The summed E-state index contributed by atoms with van der Waals surface area (Å²) in [5.41, 5.74) is 7.01. The van der Waals surface area contributed by atoms with Gasteiger partial charge in [-0.2, -0.15) is 0 Å². The number of amides is 1. The molecule has 1 aromatic carbocycles. The van der Waals surface area contributed by atoms with Gasteiger partial charge in [0.05, 0.1) is 7.11 Å². The van der Waals surface area contributed by atoms with Crippen LogP contribution in [0.2, 0.25) is 0 Å². The number of hydrogen-bond acceptors (Lipinski definition) is 5. The monoisotopic (exact) mass is 493 g/mol. The third kappa shape index (κ3) is 3.67. The van der Waals surface area contributed by atoms with Gasteiger partial charge in [-0.05, 0) is 61.4 Å². The van der Waals surface area contributed by atoms with Crippen molar-refractivity contribution in [2.24, 2.45) is 7.05 Å². The Morgan fingerprint density at radius 1 is 1.03 bits per heavy atom. The molecule has 0 aliphatic carbocycles. The van der Waals surface area contributed by atoms with Gasteiger partial charge < -0.3 is 18.6 Å². The van der Waals surface area contributed by atoms with Gasteiger partial charge in [0.25, 0.3) is 11.5 Å². The Labute approximate surface area is 213 Å². The van der Waals surface area contributed by atoms with Gasteiger partial charge in [-0.3, -0.25) is 9.59 Å². The number of imidazole rings is 1. The van der Waals surface area contributed by atoms with Crippen molar-refractivity contribution in [2.75, 3.05) is 13.7 Å². The fraction of sp³-hybridized carbons (Fsp3) is 0.241. The maximum absolute atomic E-state index is 13.5. The summed E-state index contributed by atoms with van der Waals surface area (Å²) in [7, 11) is 3.42. The Hall–Kier alpha value is -4.46. The SMILES string of the molecule is COc1ccc(-c2cc3c(n(C)c2=O)CCN(C(=O)c2cn4c(C)cccc4n2)C3)c2ccc(C)nc12. The summed E-state index contributed by atoms with van der Waals surface area (Å²) < 4.78 is 9.18. The van der Waals surface area contributed by atoms with Crippen LogP contribution in [-0.2, 0) is 20.0 Å². The minimum absolute atomic E-state index is 0.0682. The normalized spacial score (nSPS) is 13.2. The molecule has 37 heavy (non-hydrogen) atoms. The molecule has 1 amide bonds. The van der Waals surface area contributed by atoms with Crippen LogP contribution in [0.4, 0.5) is 0 Å². The smallest absolute Gasteiger partial charge is 0.274 e. The average Bonchev–Trinajstić information content (AvgIpc) is 3.35. The molecule has 0 N–H and O–H groups in total. The molecule has 0 bridgehead atoms. The summed E-state index contributed by atoms with van der Waals surface area (Å²) in [6.45, 7) is 4.86. The van der Waals surface area contributed by atoms with Crippen LogP contribution in [0.1, 0.15) is 33.1 Å². The Kier molecular flexibility index (Phi) is 5.33. The molecular weight excluding hydrogens is 466 g/mol. The predicted octanol–water partition coefficient (Wildman–Crippen LogP) is 4.07. The molecule has 8 heteroatoms. The average molecular weight is 494 g/mol. The lowest BCUT2D eigenvalue weighted by molar-refractivity contribution is 0.0727. The van der Waals surface area contributed by atoms with E-state index in [0.29, 0.717) is 36.5 Å². The lowest BCUT2D eigenvalue weighted by atomic mass is 9.96. The number of pyridine rings is 3. The largest absolute Gasteiger partial charge is 0.494 e. The molecule has 5 aromatic rings. The summed E-state index contributed by atoms with van der Waals surface area (Å²) >= 11 is 0. The first-order valence-corrected chi connectivity index (χ1v) is 12.3. The zero-order valence-corrected chi connectivity index (χ0v) is 21.3. The van der Waals surface area contributed by atoms with E-state index in [0.717, 1.165) is 44.8 Å². The molecule has 4 aromatic heterocycles. The van der Waals surface area contributed by atoms with Crippen molar-refractivity contribution in [2.45, 2.75) is 26.8 Å². The second kappa shape index (κ2) is 8.58. The van der Waals surface area contributed by atoms with Crippen molar-refractivity contribution in [3.63, 3.8) is 0 Å². The highest BCUT2D eigenvalue weighted by Crippen LogP contribution is 2.33. The number of methoxy groups -OCH3 is 1. The maximum Gasteiger partial charge on any atom is 0.274 e. The number of rotatable bonds is 3. The third-order valence-electron chi connectivity index (χ3n) is 7.28. The molecule has 0 saturated carbocycles. The van der Waals surface area contributed by atoms with Crippen LogP contribution in [0, 0.1) is 13.8 Å². The van der Waals surface area contributed by atoms with E-state index < -0.39 is 0 Å². The molecule has 5 heterocycles. The number of carbonyl (C=O) groups excluding carboxylic acids is 1. The number of nitrogens with zero attached hydrogens (tertiary/aromatic N) is 5. The zero-order valence-electron chi connectivity index (χ0n) is 21.3. The maximum atomic E-state index is 13.5. The van der Waals surface area contributed by atoms with E-state index in [1.54, 1.807) is 24.9 Å². The van der Waals surface area contributed by atoms with E-state index in [-0.39, 0.29) is 11.5 Å². The highest BCUT2D eigenvalue weighted by atomic mass is 16.5. The van der Waals surface area contributed by atoms with E-state index in [1.807, 2.05) is 71.7 Å². The van der Waals surface area contributed by atoms with Gasteiger partial charge in [-0.25, -0.2) is 9.97 Å². The Bertz CT molecular complexity index is 1780. The van der Waals surface area contributed by atoms with Crippen LogP contribution in [0.15, 0.2) is 59.5 Å². The summed E-state index contributed by atoms with van der Waals surface area (Å²) in [5.74, 6) is 0.551. The molecule has 0 radical (unpaired) electrons. The first kappa shape index (κ1) is 23.0. The number of hydrogen-bond donors (Lipinski definition) is 0. The van der Waals surface area contributed by atoms with Crippen LogP contribution in [0.3, 0.4) is 0 Å². The molecular formula is C29H27N5O3. The van der Waals surface area contributed by atoms with E-state index >= 15 is 0 Å². The van der Waals surface area contributed by atoms with E-state index in [9.17, 15) is 9.59 Å². The molecule has 186 valence electrons. The number of carbonyl (C=O) groups is 1. The van der Waals surface area contributed by atoms with Crippen LogP contribution >= 0.6 is 0 Å². The third-order valence-corrected chi connectivity index (χ3v) is 7.28. The van der Waals surface area contributed by atoms with Crippen molar-refractivity contribution in [1.29, 1.82) is 0 Å². The quantitative estimate of drug-likeness (QED) is 0.378. The fourth-order valence-electron chi connectivity index (χ4n) is 5.30. The Morgan fingerprint density at radius 3 is 2.65 bits per heavy atom. The number of aromatic nitrogens is 4. The van der Waals surface area contributed by atoms with Crippen LogP contribution in [-0.4, -0.2) is 43.4 Å². The molecule has 1 aliphatic rings. The first-order chi connectivity index (χ1) is 17.9. The first-order valence-electron chi connectivity index (χ1n) is 12.3. The van der Waals surface area contributed by atoms with Gasteiger partial charge in [0.15, 0.2) is 0 Å². The van der Waals surface area contributed by atoms with E-state index in [4.69, 9.17) is 4.74 Å². The Morgan fingerprint density at radius 2 is 1.86 bits per heavy atom. The molecule has 0 saturated heterocycles. The lowest BCUT2D eigenvalue weighted by Gasteiger charge is -2.30. The van der Waals surface area contributed by atoms with Crippen LogP contribution in [0.5, 0.6) is 5.75 Å². The zero-order chi connectivity index (χ0) is 25.8. The Balaban J connectivity index is 1.42. The minimum atomic E-state index is -0.112. The molecule has 0 fully saturated rings. The standard InChI is InChI=1S/C29H27N5O3/c1-17-8-9-21-20(10-11-25(37-4)27(21)30-17)22-14-19-15-33(13-12-24(19)32(3)28(22)35)29(36)23-16-34-18(2)6-5-7-26(34)31-23/h5-11,14,16H,12-13,15H2,1-4H3. The number of ether oxygens (including phenoxy) is 1. The van der Waals surface area contributed by atoms with Gasteiger partial charge in [0.2, 0.25) is 0 Å². The highest BCUT2D eigenvalue weighted by Gasteiger charge is 2.27. The van der Waals surface area contributed by atoms with Crippen molar-refractivity contribution in [3.05, 3.63) is 93.4 Å². The van der Waals surface area contributed by atoms with Gasteiger partial charge >= 0.3 is 0 Å². The van der Waals surface area contributed by atoms with Crippen molar-refractivity contribution >= 4 is 22.5 Å².